The number of ether oxygens (including phenoxy) is 5. The van der Waals surface area contributed by atoms with Crippen molar-refractivity contribution in [1.82, 2.24) is 0 Å². The number of thioether (sulfide) groups is 1. The Balaban J connectivity index is 2.43. The molecule has 0 aliphatic carbocycles. The summed E-state index contributed by atoms with van der Waals surface area (Å²) in [4.78, 5) is 12.3. The Bertz CT molecular complexity index is 677. The van der Waals surface area contributed by atoms with Gasteiger partial charge in [-0.2, -0.15) is 0 Å². The fourth-order valence-electron chi connectivity index (χ4n) is 3.39. The van der Waals surface area contributed by atoms with Crippen LogP contribution in [0.25, 0.3) is 0 Å². The second-order valence-corrected chi connectivity index (χ2v) is 12.8. The third-order valence-electron chi connectivity index (χ3n) is 5.48. The molecule has 0 heterocycles. The molecule has 0 aliphatic heterocycles. The molecular weight excluding hydrogens is 552 g/mol. The summed E-state index contributed by atoms with van der Waals surface area (Å²) in [6.07, 6.45) is 5.06. The molecule has 232 valence electrons. The van der Waals surface area contributed by atoms with Crippen LogP contribution in [0.15, 0.2) is 30.3 Å². The monoisotopic (exact) mass is 604 g/mol. The van der Waals surface area contributed by atoms with E-state index in [-0.39, 0.29) is 11.7 Å². The van der Waals surface area contributed by atoms with Crippen LogP contribution in [0.4, 0.5) is 0 Å². The molecule has 40 heavy (non-hydrogen) atoms. The maximum absolute atomic E-state index is 12.3. The first kappa shape index (κ1) is 37.0. The smallest absolute Gasteiger partial charge is 0.485 e. The quantitative estimate of drug-likeness (QED) is 0.0876. The van der Waals surface area contributed by atoms with Gasteiger partial charge in [0.25, 0.3) is 0 Å². The predicted molar refractivity (Wildman–Crippen MR) is 161 cm³/mol. The van der Waals surface area contributed by atoms with Crippen LogP contribution in [0.3, 0.4) is 0 Å². The van der Waals surface area contributed by atoms with E-state index in [2.05, 4.69) is 13.8 Å². The van der Waals surface area contributed by atoms with Crippen molar-refractivity contribution in [3.05, 3.63) is 30.3 Å². The third-order valence-corrected chi connectivity index (χ3v) is 9.40. The summed E-state index contributed by atoms with van der Waals surface area (Å²) in [6.45, 7) is 12.0. The molecule has 0 saturated heterocycles. The molecule has 0 bridgehead atoms. The van der Waals surface area contributed by atoms with Crippen LogP contribution in [0, 0.1) is 0 Å². The van der Waals surface area contributed by atoms with Crippen molar-refractivity contribution in [2.75, 3.05) is 85.0 Å². The number of benzene rings is 1. The second kappa shape index (κ2) is 26.8. The van der Waals surface area contributed by atoms with Crippen molar-refractivity contribution in [3.8, 4) is 5.75 Å². The zero-order valence-corrected chi connectivity index (χ0v) is 26.7. The Morgan fingerprint density at radius 3 is 1.73 bits per heavy atom. The molecule has 0 amide bonds. The average Bonchev–Trinajstić information content (AvgIpc) is 2.97. The largest absolute Gasteiger partial charge is 0.501 e. The van der Waals surface area contributed by atoms with E-state index in [0.29, 0.717) is 83.4 Å². The maximum Gasteiger partial charge on any atom is 0.501 e. The number of hydrogen-bond donors (Lipinski definition) is 0. The van der Waals surface area contributed by atoms with Gasteiger partial charge in [0, 0.05) is 31.6 Å². The number of unbranched alkanes of at least 4 members (excludes halogenated alkanes) is 2. The third kappa shape index (κ3) is 20.8. The Labute approximate surface area is 247 Å². The van der Waals surface area contributed by atoms with Gasteiger partial charge in [0.15, 0.2) is 6.61 Å². The lowest BCUT2D eigenvalue weighted by atomic mass is 10.3. The SMILES string of the molecule is CCCCOCCOCCO[Si](CCCSC(=O)COc1ccccc1)(OCC)OCCOCCOCCCC. The van der Waals surface area contributed by atoms with Gasteiger partial charge in [0.2, 0.25) is 5.12 Å². The summed E-state index contributed by atoms with van der Waals surface area (Å²) in [5, 5.41) is -0.0153. The van der Waals surface area contributed by atoms with E-state index >= 15 is 0 Å². The van der Waals surface area contributed by atoms with Crippen molar-refractivity contribution in [1.29, 1.82) is 0 Å². The van der Waals surface area contributed by atoms with Crippen LogP contribution in [0.1, 0.15) is 52.9 Å². The summed E-state index contributed by atoms with van der Waals surface area (Å²) in [5.74, 6) is 1.31. The second-order valence-electron chi connectivity index (χ2n) is 8.90. The van der Waals surface area contributed by atoms with Crippen molar-refractivity contribution in [3.63, 3.8) is 0 Å². The minimum Gasteiger partial charge on any atom is -0.485 e. The summed E-state index contributed by atoms with van der Waals surface area (Å²) >= 11 is 1.25. The number of rotatable bonds is 29. The molecule has 0 radical (unpaired) electrons. The fourth-order valence-corrected chi connectivity index (χ4v) is 6.82. The molecule has 0 saturated carbocycles. The predicted octanol–water partition coefficient (Wildman–Crippen LogP) is 5.39. The van der Waals surface area contributed by atoms with Crippen LogP contribution >= 0.6 is 11.8 Å². The Morgan fingerprint density at radius 2 is 1.20 bits per heavy atom. The molecule has 0 N–H and O–H groups in total. The standard InChI is InChI=1S/C29H52O9SSi/c1-4-7-15-31-17-19-33-21-23-37-40(36-6-3,38-24-22-34-20-18-32-16-8-5-2)26-12-25-39-29(30)27-35-28-13-10-9-11-14-28/h9-11,13-14H,4-8,12,15-27H2,1-3H3. The van der Waals surface area contributed by atoms with Crippen LogP contribution in [0.5, 0.6) is 5.75 Å². The van der Waals surface area contributed by atoms with Crippen LogP contribution < -0.4 is 4.74 Å². The highest BCUT2D eigenvalue weighted by atomic mass is 32.2. The molecule has 0 spiro atoms. The van der Waals surface area contributed by atoms with E-state index in [1.54, 1.807) is 0 Å². The molecule has 0 aliphatic rings. The summed E-state index contributed by atoms with van der Waals surface area (Å²) < 4.78 is 46.5. The first-order valence-corrected chi connectivity index (χ1v) is 17.6. The molecule has 0 fully saturated rings. The maximum atomic E-state index is 12.3. The van der Waals surface area contributed by atoms with E-state index in [1.807, 2.05) is 37.3 Å². The number of carbonyl (C=O) groups is 1. The van der Waals surface area contributed by atoms with Gasteiger partial charge in [0.1, 0.15) is 5.75 Å². The summed E-state index contributed by atoms with van der Waals surface area (Å²) in [5.41, 5.74) is 0. The fraction of sp³-hybridized carbons (Fsp3) is 0.759. The minimum atomic E-state index is -2.99. The van der Waals surface area contributed by atoms with Gasteiger partial charge in [-0.1, -0.05) is 56.7 Å². The summed E-state index contributed by atoms with van der Waals surface area (Å²) in [6, 6.07) is 9.93. The summed E-state index contributed by atoms with van der Waals surface area (Å²) in [7, 11) is -2.99. The van der Waals surface area contributed by atoms with Crippen molar-refractivity contribution < 1.29 is 41.8 Å². The molecule has 11 heteroatoms. The molecule has 0 aromatic heterocycles. The van der Waals surface area contributed by atoms with Gasteiger partial charge in [-0.15, -0.1) is 0 Å². The van der Waals surface area contributed by atoms with Gasteiger partial charge in [-0.25, -0.2) is 0 Å². The molecule has 9 nitrogen and oxygen atoms in total. The van der Waals surface area contributed by atoms with Crippen LogP contribution in [-0.4, -0.2) is 99.0 Å². The van der Waals surface area contributed by atoms with E-state index in [0.717, 1.165) is 38.9 Å². The topological polar surface area (TPSA) is 90.9 Å². The van der Waals surface area contributed by atoms with Crippen LogP contribution in [0.2, 0.25) is 6.04 Å². The van der Waals surface area contributed by atoms with E-state index < -0.39 is 8.80 Å². The Morgan fingerprint density at radius 1 is 0.675 bits per heavy atom. The van der Waals surface area contributed by atoms with E-state index in [9.17, 15) is 4.79 Å². The zero-order chi connectivity index (χ0) is 29.0. The molecular formula is C29H52O9SSi. The highest BCUT2D eigenvalue weighted by Crippen LogP contribution is 2.21. The van der Waals surface area contributed by atoms with Gasteiger partial charge >= 0.3 is 8.80 Å². The zero-order valence-electron chi connectivity index (χ0n) is 24.9. The average molecular weight is 605 g/mol. The molecule has 0 unspecified atom stereocenters. The Kier molecular flexibility index (Phi) is 24.8. The normalized spacial score (nSPS) is 11.7. The van der Waals surface area contributed by atoms with Gasteiger partial charge < -0.3 is 37.0 Å². The van der Waals surface area contributed by atoms with E-state index in [1.165, 1.54) is 11.8 Å². The Hall–Kier alpha value is -1.02. The molecule has 0 atom stereocenters. The number of hydrogen-bond acceptors (Lipinski definition) is 10. The van der Waals surface area contributed by atoms with Crippen molar-refractivity contribution in [2.24, 2.45) is 0 Å². The highest BCUT2D eigenvalue weighted by molar-refractivity contribution is 8.13. The van der Waals surface area contributed by atoms with Gasteiger partial charge in [0.05, 0.1) is 52.9 Å². The van der Waals surface area contributed by atoms with Gasteiger partial charge in [-0.3, -0.25) is 4.79 Å². The lowest BCUT2D eigenvalue weighted by Crippen LogP contribution is -2.47. The van der Waals surface area contributed by atoms with E-state index in [4.69, 9.17) is 37.0 Å². The van der Waals surface area contributed by atoms with Crippen LogP contribution in [-0.2, 0) is 37.0 Å². The highest BCUT2D eigenvalue weighted by Gasteiger charge is 2.40. The lowest BCUT2D eigenvalue weighted by molar-refractivity contribution is -0.112. The number of carbonyl (C=O) groups excluding carboxylic acids is 1. The van der Waals surface area contributed by atoms with Gasteiger partial charge in [-0.05, 0) is 38.3 Å². The van der Waals surface area contributed by atoms with Crippen molar-refractivity contribution in [2.45, 2.75) is 58.9 Å². The lowest BCUT2D eigenvalue weighted by Gasteiger charge is -2.29. The van der Waals surface area contributed by atoms with Crippen molar-refractivity contribution >= 4 is 25.7 Å². The molecule has 1 aromatic rings. The first-order valence-electron chi connectivity index (χ1n) is 14.7. The molecule has 1 rings (SSSR count). The first-order chi connectivity index (χ1) is 19.7. The molecule has 1 aromatic carbocycles. The number of para-hydroxylation sites is 1. The minimum absolute atomic E-state index is 0.0153.